The second-order valence-electron chi connectivity index (χ2n) is 3.65. The van der Waals surface area contributed by atoms with E-state index in [2.05, 4.69) is 9.98 Å². The Labute approximate surface area is 102 Å². The normalized spacial score (nSPS) is 12.5. The maximum atomic E-state index is 5.74. The molecule has 0 unspecified atom stereocenters. The molecule has 0 bridgehead atoms. The van der Waals surface area contributed by atoms with E-state index in [-0.39, 0.29) is 1.43 Å². The van der Waals surface area contributed by atoms with Gasteiger partial charge in [0.2, 0.25) is 0 Å². The van der Waals surface area contributed by atoms with Gasteiger partial charge in [-0.1, -0.05) is 0 Å². The van der Waals surface area contributed by atoms with Crippen molar-refractivity contribution in [3.05, 3.63) is 42.3 Å². The van der Waals surface area contributed by atoms with Gasteiger partial charge in [-0.15, -0.1) is 0 Å². The molecule has 17 heavy (non-hydrogen) atoms. The standard InChI is InChI=1S/C14H16N2O.H2/c1-3-12(10-15-4-2)17-13-6-5-11-7-8-16-14(11)9-13;/h3,5-10,16H,4H2,1-2H3;1H/b12-3+,15-10?;. The fourth-order valence-electron chi connectivity index (χ4n) is 1.57. The van der Waals surface area contributed by atoms with E-state index in [0.717, 1.165) is 23.6 Å². The summed E-state index contributed by atoms with van der Waals surface area (Å²) in [5.74, 6) is 1.58. The third-order valence-electron chi connectivity index (χ3n) is 2.45. The van der Waals surface area contributed by atoms with Crippen molar-refractivity contribution in [2.45, 2.75) is 13.8 Å². The average Bonchev–Trinajstić information content (AvgIpc) is 2.81. The summed E-state index contributed by atoms with van der Waals surface area (Å²) < 4.78 is 5.74. The van der Waals surface area contributed by atoms with Crippen molar-refractivity contribution in [3.63, 3.8) is 0 Å². The van der Waals surface area contributed by atoms with Crippen molar-refractivity contribution in [2.75, 3.05) is 6.54 Å². The van der Waals surface area contributed by atoms with E-state index >= 15 is 0 Å². The molecule has 0 atom stereocenters. The number of rotatable bonds is 4. The summed E-state index contributed by atoms with van der Waals surface area (Å²) in [5, 5.41) is 1.18. The van der Waals surface area contributed by atoms with Crippen molar-refractivity contribution in [2.24, 2.45) is 4.99 Å². The monoisotopic (exact) mass is 230 g/mol. The first-order chi connectivity index (χ1) is 8.33. The molecule has 0 spiro atoms. The Hall–Kier alpha value is -2.03. The Morgan fingerprint density at radius 1 is 1.47 bits per heavy atom. The number of nitrogens with one attached hydrogen (secondary N) is 1. The number of nitrogens with zero attached hydrogens (tertiary/aromatic N) is 1. The Kier molecular flexibility index (Phi) is 3.60. The van der Waals surface area contributed by atoms with Crippen LogP contribution in [0.4, 0.5) is 0 Å². The molecule has 0 amide bonds. The van der Waals surface area contributed by atoms with Crippen LogP contribution >= 0.6 is 0 Å². The van der Waals surface area contributed by atoms with Gasteiger partial charge in [0.1, 0.15) is 11.5 Å². The predicted molar refractivity (Wildman–Crippen MR) is 73.8 cm³/mol. The minimum absolute atomic E-state index is 0. The number of hydrogen-bond donors (Lipinski definition) is 1. The summed E-state index contributed by atoms with van der Waals surface area (Å²) in [7, 11) is 0. The van der Waals surface area contributed by atoms with Crippen molar-refractivity contribution < 1.29 is 6.16 Å². The third-order valence-corrected chi connectivity index (χ3v) is 2.45. The number of aromatic amines is 1. The van der Waals surface area contributed by atoms with Gasteiger partial charge >= 0.3 is 0 Å². The molecule has 1 heterocycles. The molecular formula is C14H18N2O. The van der Waals surface area contributed by atoms with Gasteiger partial charge in [0.15, 0.2) is 0 Å². The van der Waals surface area contributed by atoms with Crippen molar-refractivity contribution in [1.82, 2.24) is 4.98 Å². The van der Waals surface area contributed by atoms with Crippen molar-refractivity contribution in [3.8, 4) is 5.75 Å². The van der Waals surface area contributed by atoms with Crippen LogP contribution in [-0.2, 0) is 0 Å². The van der Waals surface area contributed by atoms with E-state index in [4.69, 9.17) is 4.74 Å². The Bertz CT molecular complexity index is 558. The van der Waals surface area contributed by atoms with E-state index in [1.807, 2.05) is 50.4 Å². The van der Waals surface area contributed by atoms with Gasteiger partial charge in [-0.25, -0.2) is 0 Å². The lowest BCUT2D eigenvalue weighted by Gasteiger charge is -2.05. The second-order valence-corrected chi connectivity index (χ2v) is 3.65. The smallest absolute Gasteiger partial charge is 0.140 e. The van der Waals surface area contributed by atoms with Gasteiger partial charge in [-0.3, -0.25) is 4.99 Å². The number of H-pyrrole nitrogens is 1. The summed E-state index contributed by atoms with van der Waals surface area (Å²) in [5.41, 5.74) is 1.07. The molecule has 1 aromatic heterocycles. The van der Waals surface area contributed by atoms with Crippen LogP contribution in [0.25, 0.3) is 10.9 Å². The minimum Gasteiger partial charge on any atom is -0.456 e. The molecule has 2 rings (SSSR count). The molecule has 1 N–H and O–H groups in total. The van der Waals surface area contributed by atoms with E-state index in [0.29, 0.717) is 0 Å². The highest BCUT2D eigenvalue weighted by Gasteiger charge is 2.00. The summed E-state index contributed by atoms with van der Waals surface area (Å²) in [6.07, 6.45) is 5.57. The molecule has 0 saturated carbocycles. The van der Waals surface area contributed by atoms with Crippen LogP contribution in [0, 0.1) is 0 Å². The minimum atomic E-state index is 0. The van der Waals surface area contributed by atoms with E-state index in [1.54, 1.807) is 6.21 Å². The predicted octanol–water partition coefficient (Wildman–Crippen LogP) is 3.79. The van der Waals surface area contributed by atoms with Gasteiger partial charge in [-0.05, 0) is 43.5 Å². The lowest BCUT2D eigenvalue weighted by atomic mass is 10.2. The first-order valence-corrected chi connectivity index (χ1v) is 5.74. The molecule has 2 aromatic rings. The van der Waals surface area contributed by atoms with Gasteiger partial charge in [-0.2, -0.15) is 0 Å². The number of hydrogen-bond acceptors (Lipinski definition) is 2. The number of benzene rings is 1. The number of fused-ring (bicyclic) bond motifs is 1. The number of aliphatic imine (C=N–C) groups is 1. The topological polar surface area (TPSA) is 37.4 Å². The van der Waals surface area contributed by atoms with Crippen LogP contribution in [0.3, 0.4) is 0 Å². The van der Waals surface area contributed by atoms with Crippen molar-refractivity contribution >= 4 is 17.1 Å². The average molecular weight is 230 g/mol. The van der Waals surface area contributed by atoms with Crippen LogP contribution in [0.1, 0.15) is 15.3 Å². The van der Waals surface area contributed by atoms with Gasteiger partial charge in [0.25, 0.3) is 0 Å². The molecule has 0 fully saturated rings. The molecule has 90 valence electrons. The quantitative estimate of drug-likeness (QED) is 0.629. The number of ether oxygens (including phenoxy) is 1. The summed E-state index contributed by atoms with van der Waals surface area (Å²) in [6.45, 7) is 4.69. The maximum absolute atomic E-state index is 5.74. The van der Waals surface area contributed by atoms with Crippen molar-refractivity contribution in [1.29, 1.82) is 0 Å². The lowest BCUT2D eigenvalue weighted by molar-refractivity contribution is 0.456. The van der Waals surface area contributed by atoms with Crippen LogP contribution in [0.5, 0.6) is 5.75 Å². The zero-order chi connectivity index (χ0) is 12.1. The highest BCUT2D eigenvalue weighted by molar-refractivity contribution is 5.81. The van der Waals surface area contributed by atoms with Gasteiger partial charge < -0.3 is 9.72 Å². The fourth-order valence-corrected chi connectivity index (χ4v) is 1.57. The Morgan fingerprint density at radius 3 is 3.12 bits per heavy atom. The molecule has 0 radical (unpaired) electrons. The van der Waals surface area contributed by atoms with Crippen LogP contribution in [0.2, 0.25) is 0 Å². The Morgan fingerprint density at radius 2 is 2.35 bits per heavy atom. The zero-order valence-electron chi connectivity index (χ0n) is 10.1. The molecular weight excluding hydrogens is 212 g/mol. The molecule has 3 nitrogen and oxygen atoms in total. The first-order valence-electron chi connectivity index (χ1n) is 5.74. The van der Waals surface area contributed by atoms with Crippen LogP contribution in [-0.4, -0.2) is 17.7 Å². The SMILES string of the molecule is C/C=C(\C=NCC)Oc1ccc2cc[nH]c2c1.[HH]. The highest BCUT2D eigenvalue weighted by Crippen LogP contribution is 2.20. The summed E-state index contributed by atoms with van der Waals surface area (Å²) in [4.78, 5) is 7.33. The number of allylic oxidation sites excluding steroid dienone is 2. The maximum Gasteiger partial charge on any atom is 0.140 e. The van der Waals surface area contributed by atoms with E-state index in [9.17, 15) is 0 Å². The largest absolute Gasteiger partial charge is 0.456 e. The van der Waals surface area contributed by atoms with Gasteiger partial charge in [0.05, 0.1) is 6.21 Å². The van der Waals surface area contributed by atoms with Crippen LogP contribution in [0.15, 0.2) is 47.3 Å². The highest BCUT2D eigenvalue weighted by atomic mass is 16.5. The second kappa shape index (κ2) is 5.34. The Balaban J connectivity index is 0.00000162. The van der Waals surface area contributed by atoms with Gasteiger partial charge in [0, 0.05) is 25.8 Å². The molecule has 0 aliphatic carbocycles. The molecule has 0 saturated heterocycles. The third kappa shape index (κ3) is 2.75. The number of aromatic nitrogens is 1. The van der Waals surface area contributed by atoms with E-state index < -0.39 is 0 Å². The fraction of sp³-hybridized carbons (Fsp3) is 0.214. The summed E-state index contributed by atoms with van der Waals surface area (Å²) >= 11 is 0. The lowest BCUT2D eigenvalue weighted by Crippen LogP contribution is -1.96. The molecule has 3 heteroatoms. The molecule has 1 aromatic carbocycles. The molecule has 0 aliphatic heterocycles. The summed E-state index contributed by atoms with van der Waals surface area (Å²) in [6, 6.07) is 8.01. The van der Waals surface area contributed by atoms with Crippen LogP contribution < -0.4 is 4.74 Å². The first kappa shape index (κ1) is 11.5. The zero-order valence-corrected chi connectivity index (χ0v) is 10.1. The molecule has 0 aliphatic rings. The van der Waals surface area contributed by atoms with E-state index in [1.165, 1.54) is 5.39 Å².